The molecule has 1 unspecified atom stereocenters. The van der Waals surface area contributed by atoms with Gasteiger partial charge in [-0.25, -0.2) is 9.59 Å². The number of ether oxygens (including phenoxy) is 3. The Morgan fingerprint density at radius 2 is 1.92 bits per heavy atom. The third-order valence-electron chi connectivity index (χ3n) is 5.25. The van der Waals surface area contributed by atoms with Crippen LogP contribution in [0, 0.1) is 0 Å². The minimum Gasteiger partial charge on any atom is -0.487 e. The van der Waals surface area contributed by atoms with E-state index in [9.17, 15) is 19.5 Å². The SMILES string of the molecule is CC(C)(C)OC(=O)NCCC(=O)Nc1ccc(OC/C(=N\OC2CCCCO2)c2cc(C(=O)O)ccn2)cc1. The number of carbonyl (C=O) groups excluding carboxylic acids is 2. The van der Waals surface area contributed by atoms with Crippen molar-refractivity contribution in [2.24, 2.45) is 5.16 Å². The van der Waals surface area contributed by atoms with Crippen LogP contribution in [0.4, 0.5) is 10.5 Å². The van der Waals surface area contributed by atoms with Gasteiger partial charge in [0.1, 0.15) is 23.7 Å². The van der Waals surface area contributed by atoms with Gasteiger partial charge in [-0.2, -0.15) is 0 Å². The van der Waals surface area contributed by atoms with E-state index in [2.05, 4.69) is 20.8 Å². The van der Waals surface area contributed by atoms with E-state index >= 15 is 0 Å². The molecule has 0 aliphatic carbocycles. The minimum absolute atomic E-state index is 0.0508. The van der Waals surface area contributed by atoms with Crippen molar-refractivity contribution in [3.05, 3.63) is 53.9 Å². The van der Waals surface area contributed by atoms with Crippen molar-refractivity contribution in [3.63, 3.8) is 0 Å². The Morgan fingerprint density at radius 1 is 1.15 bits per heavy atom. The highest BCUT2D eigenvalue weighted by Crippen LogP contribution is 2.18. The number of hydrogen-bond acceptors (Lipinski definition) is 9. The number of aromatic carboxylic acids is 1. The topological polar surface area (TPSA) is 158 Å². The van der Waals surface area contributed by atoms with Crippen LogP contribution in [0.15, 0.2) is 47.8 Å². The predicted molar refractivity (Wildman–Crippen MR) is 142 cm³/mol. The van der Waals surface area contributed by atoms with Gasteiger partial charge in [0, 0.05) is 31.3 Å². The van der Waals surface area contributed by atoms with Crippen LogP contribution in [0.3, 0.4) is 0 Å². The summed E-state index contributed by atoms with van der Waals surface area (Å²) >= 11 is 0. The Kier molecular flexibility index (Phi) is 10.6. The first-order valence-corrected chi connectivity index (χ1v) is 12.6. The lowest BCUT2D eigenvalue weighted by atomic mass is 10.2. The maximum absolute atomic E-state index is 12.2. The molecule has 1 fully saturated rings. The van der Waals surface area contributed by atoms with Gasteiger partial charge < -0.3 is 34.8 Å². The Morgan fingerprint density at radius 3 is 2.59 bits per heavy atom. The molecule has 12 nitrogen and oxygen atoms in total. The van der Waals surface area contributed by atoms with E-state index < -0.39 is 24.0 Å². The molecule has 3 rings (SSSR count). The molecule has 1 saturated heterocycles. The van der Waals surface area contributed by atoms with Crippen LogP contribution >= 0.6 is 0 Å². The summed E-state index contributed by atoms with van der Waals surface area (Å²) in [6.07, 6.45) is 3.00. The molecule has 0 bridgehead atoms. The van der Waals surface area contributed by atoms with Crippen molar-refractivity contribution >= 4 is 29.4 Å². The molecule has 2 heterocycles. The molecule has 1 atom stereocenters. The van der Waals surface area contributed by atoms with Crippen molar-refractivity contribution in [3.8, 4) is 5.75 Å². The second-order valence-electron chi connectivity index (χ2n) is 9.71. The lowest BCUT2D eigenvalue weighted by Crippen LogP contribution is -2.34. The predicted octanol–water partition coefficient (Wildman–Crippen LogP) is 3.96. The summed E-state index contributed by atoms with van der Waals surface area (Å²) < 4.78 is 16.5. The lowest BCUT2D eigenvalue weighted by Gasteiger charge is -2.20. The zero-order valence-electron chi connectivity index (χ0n) is 22.3. The fourth-order valence-electron chi connectivity index (χ4n) is 3.39. The Labute approximate surface area is 226 Å². The lowest BCUT2D eigenvalue weighted by molar-refractivity contribution is -0.162. The van der Waals surface area contributed by atoms with Crippen molar-refractivity contribution < 1.29 is 38.5 Å². The van der Waals surface area contributed by atoms with E-state index in [0.29, 0.717) is 35.9 Å². The Hall–Kier alpha value is -4.19. The molecule has 1 aromatic heterocycles. The van der Waals surface area contributed by atoms with Crippen LogP contribution in [0.5, 0.6) is 5.75 Å². The highest BCUT2D eigenvalue weighted by Gasteiger charge is 2.18. The fraction of sp³-hybridized carbons (Fsp3) is 0.444. The summed E-state index contributed by atoms with van der Waals surface area (Å²) in [4.78, 5) is 45.0. The van der Waals surface area contributed by atoms with E-state index in [1.807, 2.05) is 0 Å². The highest BCUT2D eigenvalue weighted by molar-refractivity contribution is 6.01. The van der Waals surface area contributed by atoms with Crippen LogP contribution < -0.4 is 15.4 Å². The van der Waals surface area contributed by atoms with Gasteiger partial charge in [-0.05, 0) is 70.0 Å². The molecule has 39 heavy (non-hydrogen) atoms. The number of hydrogen-bond donors (Lipinski definition) is 3. The summed E-state index contributed by atoms with van der Waals surface area (Å²) in [5.41, 5.74) is 0.588. The smallest absolute Gasteiger partial charge is 0.407 e. The van der Waals surface area contributed by atoms with Crippen molar-refractivity contribution in [2.45, 2.75) is 58.3 Å². The average Bonchev–Trinajstić information content (AvgIpc) is 2.89. The van der Waals surface area contributed by atoms with E-state index in [1.165, 1.54) is 18.3 Å². The Bertz CT molecular complexity index is 1160. The molecule has 210 valence electrons. The number of nitrogens with one attached hydrogen (secondary N) is 2. The van der Waals surface area contributed by atoms with Gasteiger partial charge in [0.15, 0.2) is 0 Å². The number of benzene rings is 1. The van der Waals surface area contributed by atoms with Gasteiger partial charge in [0.05, 0.1) is 17.9 Å². The number of oxime groups is 1. The van der Waals surface area contributed by atoms with Crippen LogP contribution in [0.25, 0.3) is 0 Å². The number of carboxylic acid groups (broad SMARTS) is 1. The molecule has 3 N–H and O–H groups in total. The maximum Gasteiger partial charge on any atom is 0.407 e. The molecule has 12 heteroatoms. The van der Waals surface area contributed by atoms with Gasteiger partial charge in [-0.1, -0.05) is 5.16 Å². The second kappa shape index (κ2) is 14.1. The number of pyridine rings is 1. The molecule has 1 aliphatic rings. The third kappa shape index (κ3) is 10.6. The Balaban J connectivity index is 1.55. The quantitative estimate of drug-likeness (QED) is 0.282. The molecule has 1 aromatic carbocycles. The van der Waals surface area contributed by atoms with E-state index in [-0.39, 0.29) is 31.0 Å². The monoisotopic (exact) mass is 542 g/mol. The van der Waals surface area contributed by atoms with Gasteiger partial charge in [0.25, 0.3) is 0 Å². The average molecular weight is 543 g/mol. The zero-order chi connectivity index (χ0) is 28.3. The molecule has 2 aromatic rings. The number of anilines is 1. The molecule has 2 amide bonds. The van der Waals surface area contributed by atoms with Gasteiger partial charge >= 0.3 is 12.1 Å². The first-order valence-electron chi connectivity index (χ1n) is 12.6. The first-order chi connectivity index (χ1) is 18.6. The largest absolute Gasteiger partial charge is 0.487 e. The number of rotatable bonds is 11. The van der Waals surface area contributed by atoms with Crippen molar-refractivity contribution in [1.82, 2.24) is 10.3 Å². The third-order valence-corrected chi connectivity index (χ3v) is 5.25. The second-order valence-corrected chi connectivity index (χ2v) is 9.71. The molecule has 0 saturated carbocycles. The number of amides is 2. The van der Waals surface area contributed by atoms with E-state index in [1.54, 1.807) is 45.0 Å². The van der Waals surface area contributed by atoms with Gasteiger partial charge in [0.2, 0.25) is 12.2 Å². The molecule has 0 radical (unpaired) electrons. The number of nitrogens with zero attached hydrogens (tertiary/aromatic N) is 2. The minimum atomic E-state index is -1.09. The molecule has 0 spiro atoms. The van der Waals surface area contributed by atoms with Crippen molar-refractivity contribution in [2.75, 3.05) is 25.1 Å². The van der Waals surface area contributed by atoms with Crippen LogP contribution in [0.1, 0.15) is 62.5 Å². The number of carbonyl (C=O) groups is 3. The number of aromatic nitrogens is 1. The molecule has 1 aliphatic heterocycles. The zero-order valence-corrected chi connectivity index (χ0v) is 22.3. The standard InChI is InChI=1S/C27H34N4O8/c1-27(2,3)38-26(35)29-14-12-23(32)30-19-7-9-20(10-8-19)37-17-22(31-39-24-6-4-5-15-36-24)21-16-18(25(33)34)11-13-28-21/h7-11,13,16,24H,4-6,12,14-15,17H2,1-3H3,(H,29,35)(H,30,32)(H,33,34)/b31-22+. The highest BCUT2D eigenvalue weighted by atomic mass is 16.8. The molecular weight excluding hydrogens is 508 g/mol. The van der Waals surface area contributed by atoms with Crippen molar-refractivity contribution in [1.29, 1.82) is 0 Å². The van der Waals surface area contributed by atoms with E-state index in [4.69, 9.17) is 19.0 Å². The normalized spacial score (nSPS) is 15.7. The summed E-state index contributed by atoms with van der Waals surface area (Å²) in [7, 11) is 0. The summed E-state index contributed by atoms with van der Waals surface area (Å²) in [6, 6.07) is 9.45. The summed E-state index contributed by atoms with van der Waals surface area (Å²) in [5.74, 6) is -0.884. The maximum atomic E-state index is 12.2. The van der Waals surface area contributed by atoms with Crippen LogP contribution in [-0.4, -0.2) is 65.4 Å². The number of carboxylic acids is 1. The van der Waals surface area contributed by atoms with Gasteiger partial charge in [-0.3, -0.25) is 9.78 Å². The van der Waals surface area contributed by atoms with Crippen LogP contribution in [-0.2, 0) is 19.1 Å². The van der Waals surface area contributed by atoms with E-state index in [0.717, 1.165) is 12.8 Å². The summed E-state index contributed by atoms with van der Waals surface area (Å²) in [6.45, 7) is 5.94. The first kappa shape index (κ1) is 29.4. The summed E-state index contributed by atoms with van der Waals surface area (Å²) in [5, 5.41) is 18.8. The number of alkyl carbamates (subject to hydrolysis) is 1. The fourth-order valence-corrected chi connectivity index (χ4v) is 3.39. The van der Waals surface area contributed by atoms with Gasteiger partial charge in [-0.15, -0.1) is 0 Å². The molecular formula is C27H34N4O8. The van der Waals surface area contributed by atoms with Crippen LogP contribution in [0.2, 0.25) is 0 Å².